The summed E-state index contributed by atoms with van der Waals surface area (Å²) in [5.41, 5.74) is 0.926. The molecule has 1 fully saturated rings. The van der Waals surface area contributed by atoms with Crippen molar-refractivity contribution in [3.8, 4) is 0 Å². The molecule has 22 heavy (non-hydrogen) atoms. The van der Waals surface area contributed by atoms with Crippen LogP contribution in [0.4, 0.5) is 0 Å². The van der Waals surface area contributed by atoms with Crippen LogP contribution in [0.2, 0.25) is 0 Å². The van der Waals surface area contributed by atoms with E-state index in [2.05, 4.69) is 4.98 Å². The Kier molecular flexibility index (Phi) is 4.54. The number of ether oxygens (including phenoxy) is 1. The van der Waals surface area contributed by atoms with Crippen molar-refractivity contribution < 1.29 is 13.2 Å². The molecule has 1 atom stereocenters. The number of aromatic nitrogens is 2. The van der Waals surface area contributed by atoms with Crippen molar-refractivity contribution in [2.75, 3.05) is 33.9 Å². The zero-order valence-electron chi connectivity index (χ0n) is 13.2. The monoisotopic (exact) mass is 328 g/mol. The number of hydrogen-bond donors (Lipinski definition) is 0. The van der Waals surface area contributed by atoms with E-state index in [9.17, 15) is 8.42 Å². The van der Waals surface area contributed by atoms with Gasteiger partial charge in [0.1, 0.15) is 0 Å². The van der Waals surface area contributed by atoms with Gasteiger partial charge in [0, 0.05) is 45.9 Å². The highest BCUT2D eigenvalue weighted by Crippen LogP contribution is 2.29. The van der Waals surface area contributed by atoms with Gasteiger partial charge in [-0.15, -0.1) is 0 Å². The van der Waals surface area contributed by atoms with Crippen molar-refractivity contribution >= 4 is 10.2 Å². The van der Waals surface area contributed by atoms with E-state index >= 15 is 0 Å². The first-order valence-corrected chi connectivity index (χ1v) is 9.11. The molecule has 0 spiro atoms. The highest BCUT2D eigenvalue weighted by Gasteiger charge is 2.31. The van der Waals surface area contributed by atoms with E-state index in [1.807, 2.05) is 4.57 Å². The van der Waals surface area contributed by atoms with Crippen molar-refractivity contribution in [2.45, 2.75) is 25.9 Å². The van der Waals surface area contributed by atoms with Gasteiger partial charge in [-0.1, -0.05) is 0 Å². The minimum Gasteiger partial charge on any atom is -0.381 e. The molecule has 0 saturated heterocycles. The van der Waals surface area contributed by atoms with E-state index in [0.29, 0.717) is 19.7 Å². The highest BCUT2D eigenvalue weighted by atomic mass is 32.2. The summed E-state index contributed by atoms with van der Waals surface area (Å²) in [5, 5.41) is 0. The molecule has 1 aliphatic heterocycles. The van der Waals surface area contributed by atoms with Crippen molar-refractivity contribution in [3.05, 3.63) is 18.2 Å². The lowest BCUT2D eigenvalue weighted by Crippen LogP contribution is -2.42. The van der Waals surface area contributed by atoms with Crippen molar-refractivity contribution in [1.29, 1.82) is 0 Å². The Balaban J connectivity index is 1.73. The minimum atomic E-state index is -3.44. The molecule has 2 heterocycles. The molecule has 1 aromatic rings. The number of rotatable bonds is 6. The molecular weight excluding hydrogens is 304 g/mol. The van der Waals surface area contributed by atoms with Crippen molar-refractivity contribution in [2.24, 2.45) is 11.8 Å². The maximum Gasteiger partial charge on any atom is 0.281 e. The molecule has 124 valence electrons. The van der Waals surface area contributed by atoms with Crippen LogP contribution in [-0.4, -0.2) is 60.4 Å². The second kappa shape index (κ2) is 6.27. The molecule has 0 amide bonds. The third-order valence-electron chi connectivity index (χ3n) is 4.25. The molecular formula is C14H24N4O3S. The van der Waals surface area contributed by atoms with Gasteiger partial charge in [-0.3, -0.25) is 0 Å². The van der Waals surface area contributed by atoms with Crippen LogP contribution < -0.4 is 0 Å². The first kappa shape index (κ1) is 15.9. The fraction of sp³-hybridized carbons (Fsp3) is 0.786. The van der Waals surface area contributed by atoms with Gasteiger partial charge in [-0.2, -0.15) is 17.0 Å². The zero-order valence-corrected chi connectivity index (χ0v) is 14.0. The van der Waals surface area contributed by atoms with Crippen LogP contribution in [0.15, 0.2) is 12.5 Å². The quantitative estimate of drug-likeness (QED) is 0.765. The van der Waals surface area contributed by atoms with Crippen LogP contribution in [0, 0.1) is 11.8 Å². The number of nitrogens with zero attached hydrogens (tertiary/aromatic N) is 4. The summed E-state index contributed by atoms with van der Waals surface area (Å²) >= 11 is 0. The summed E-state index contributed by atoms with van der Waals surface area (Å²) in [7, 11) is -0.305. The Bertz CT molecular complexity index is 609. The molecule has 2 aliphatic rings. The Morgan fingerprint density at radius 1 is 1.27 bits per heavy atom. The van der Waals surface area contributed by atoms with E-state index in [0.717, 1.165) is 24.8 Å². The van der Waals surface area contributed by atoms with Gasteiger partial charge in [0.05, 0.1) is 25.2 Å². The largest absolute Gasteiger partial charge is 0.381 e. The maximum atomic E-state index is 12.5. The molecule has 1 aliphatic carbocycles. The molecule has 0 unspecified atom stereocenters. The highest BCUT2D eigenvalue weighted by molar-refractivity contribution is 7.86. The zero-order chi connectivity index (χ0) is 15.7. The van der Waals surface area contributed by atoms with Crippen LogP contribution in [-0.2, 0) is 28.0 Å². The topological polar surface area (TPSA) is 67.7 Å². The van der Waals surface area contributed by atoms with Crippen LogP contribution in [0.3, 0.4) is 0 Å². The van der Waals surface area contributed by atoms with E-state index in [1.54, 1.807) is 26.6 Å². The number of hydrogen-bond acceptors (Lipinski definition) is 4. The van der Waals surface area contributed by atoms with E-state index < -0.39 is 10.2 Å². The normalized spacial score (nSPS) is 23.5. The van der Waals surface area contributed by atoms with Crippen LogP contribution in [0.1, 0.15) is 18.5 Å². The predicted octanol–water partition coefficient (Wildman–Crippen LogP) is 0.548. The second-order valence-corrected chi connectivity index (χ2v) is 8.61. The number of fused-ring (bicyclic) bond motifs is 1. The van der Waals surface area contributed by atoms with Gasteiger partial charge in [0.25, 0.3) is 10.2 Å². The molecule has 0 N–H and O–H groups in total. The minimum absolute atomic E-state index is 0.143. The van der Waals surface area contributed by atoms with E-state index in [4.69, 9.17) is 4.74 Å². The Morgan fingerprint density at radius 2 is 2.00 bits per heavy atom. The van der Waals surface area contributed by atoms with Gasteiger partial charge < -0.3 is 9.30 Å². The van der Waals surface area contributed by atoms with Crippen molar-refractivity contribution in [1.82, 2.24) is 18.2 Å². The molecule has 0 aromatic carbocycles. The lowest BCUT2D eigenvalue weighted by molar-refractivity contribution is 0.0803. The van der Waals surface area contributed by atoms with Crippen molar-refractivity contribution in [3.63, 3.8) is 0 Å². The predicted molar refractivity (Wildman–Crippen MR) is 82.3 cm³/mol. The van der Waals surface area contributed by atoms with Crippen LogP contribution in [0.5, 0.6) is 0 Å². The fourth-order valence-corrected chi connectivity index (χ4v) is 3.87. The SMILES string of the molecule is CN(C)S(=O)(=O)N1Cc2cncn2C[C@H](COCC2CC2)C1. The van der Waals surface area contributed by atoms with Crippen LogP contribution in [0.25, 0.3) is 0 Å². The molecule has 1 aromatic heterocycles. The van der Waals surface area contributed by atoms with Gasteiger partial charge in [-0.25, -0.2) is 4.98 Å². The smallest absolute Gasteiger partial charge is 0.281 e. The second-order valence-electron chi connectivity index (χ2n) is 6.47. The standard InChI is InChI=1S/C14H24N4O3S/c1-16(2)22(19,20)18-7-13(10-21-9-12-3-4-12)6-17-11-15-5-14(17)8-18/h5,11-13H,3-4,6-10H2,1-2H3/t13-/m0/s1. The Hall–Kier alpha value is -0.960. The molecule has 3 rings (SSSR count). The average Bonchev–Trinajstić information content (AvgIpc) is 3.21. The lowest BCUT2D eigenvalue weighted by Gasteiger charge is -2.26. The fourth-order valence-electron chi connectivity index (χ4n) is 2.71. The summed E-state index contributed by atoms with van der Waals surface area (Å²) in [5.74, 6) is 0.861. The Labute approximate surface area is 132 Å². The molecule has 7 nitrogen and oxygen atoms in total. The first-order valence-electron chi connectivity index (χ1n) is 7.71. The van der Waals surface area contributed by atoms with Gasteiger partial charge in [0.15, 0.2) is 0 Å². The average molecular weight is 328 g/mol. The summed E-state index contributed by atoms with van der Waals surface area (Å²) in [6.07, 6.45) is 6.04. The molecule has 0 radical (unpaired) electrons. The third-order valence-corrected chi connectivity index (χ3v) is 6.10. The van der Waals surface area contributed by atoms with E-state index in [1.165, 1.54) is 21.5 Å². The number of imidazole rings is 1. The Morgan fingerprint density at radius 3 is 2.68 bits per heavy atom. The van der Waals surface area contributed by atoms with Gasteiger partial charge in [-0.05, 0) is 18.8 Å². The third kappa shape index (κ3) is 3.51. The maximum absolute atomic E-state index is 12.5. The summed E-state index contributed by atoms with van der Waals surface area (Å²) in [4.78, 5) is 4.15. The lowest BCUT2D eigenvalue weighted by atomic mass is 10.1. The first-order chi connectivity index (χ1) is 10.5. The van der Waals surface area contributed by atoms with Crippen LogP contribution >= 0.6 is 0 Å². The van der Waals surface area contributed by atoms with Gasteiger partial charge in [0.2, 0.25) is 0 Å². The molecule has 8 heteroatoms. The summed E-state index contributed by atoms with van der Waals surface area (Å²) in [6, 6.07) is 0. The molecule has 0 bridgehead atoms. The molecule has 1 saturated carbocycles. The summed E-state index contributed by atoms with van der Waals surface area (Å²) < 4.78 is 35.6. The van der Waals surface area contributed by atoms with E-state index in [-0.39, 0.29) is 5.92 Å². The summed E-state index contributed by atoms with van der Waals surface area (Å²) in [6.45, 7) is 2.98. The van der Waals surface area contributed by atoms with Gasteiger partial charge >= 0.3 is 0 Å².